The van der Waals surface area contributed by atoms with Gasteiger partial charge in [0.15, 0.2) is 0 Å². The second-order valence-electron chi connectivity index (χ2n) is 5.02. The second-order valence-corrected chi connectivity index (χ2v) is 5.02. The largest absolute Gasteiger partial charge is 0.353 e. The predicted molar refractivity (Wildman–Crippen MR) is 71.1 cm³/mol. The van der Waals surface area contributed by atoms with Crippen molar-refractivity contribution in [3.05, 3.63) is 12.2 Å². The quantitative estimate of drug-likeness (QED) is 0.661. The molecule has 1 aliphatic carbocycles. The first-order chi connectivity index (χ1) is 8.49. The van der Waals surface area contributed by atoms with E-state index < -0.39 is 0 Å². The molecule has 0 aromatic heterocycles. The molecule has 0 unspecified atom stereocenters. The van der Waals surface area contributed by atoms with Gasteiger partial charge in [0.25, 0.3) is 0 Å². The number of likely N-dealkylation sites (N-methyl/N-ethyl adjacent to an activating group) is 2. The lowest BCUT2D eigenvalue weighted by Gasteiger charge is -2.15. The van der Waals surface area contributed by atoms with Crippen molar-refractivity contribution in [2.24, 2.45) is 0 Å². The van der Waals surface area contributed by atoms with E-state index >= 15 is 0 Å². The Hall–Kier alpha value is -1.36. The molecule has 1 saturated carbocycles. The van der Waals surface area contributed by atoms with Crippen LogP contribution in [0.3, 0.4) is 0 Å². The molecule has 0 aromatic rings. The molecule has 2 amide bonds. The van der Waals surface area contributed by atoms with E-state index in [1.165, 1.54) is 0 Å². The zero-order chi connectivity index (χ0) is 13.5. The van der Waals surface area contributed by atoms with Crippen molar-refractivity contribution in [3.8, 4) is 0 Å². The minimum atomic E-state index is -0.0592. The monoisotopic (exact) mass is 253 g/mol. The minimum absolute atomic E-state index is 0.0365. The summed E-state index contributed by atoms with van der Waals surface area (Å²) in [6, 6.07) is 0.387. The first kappa shape index (κ1) is 14.7. The molecule has 0 aromatic carbocycles. The third kappa shape index (κ3) is 6.39. The Labute approximate surface area is 109 Å². The second kappa shape index (κ2) is 7.16. The van der Waals surface area contributed by atoms with Crippen LogP contribution in [0.2, 0.25) is 0 Å². The van der Waals surface area contributed by atoms with Crippen molar-refractivity contribution in [2.75, 3.05) is 34.2 Å². The van der Waals surface area contributed by atoms with Gasteiger partial charge in [-0.15, -0.1) is 0 Å². The van der Waals surface area contributed by atoms with Crippen LogP contribution in [0.5, 0.6) is 0 Å². The van der Waals surface area contributed by atoms with Crippen LogP contribution in [0.25, 0.3) is 0 Å². The Morgan fingerprint density at radius 3 is 2.50 bits per heavy atom. The number of nitrogens with zero attached hydrogens (tertiary/aromatic N) is 2. The van der Waals surface area contributed by atoms with Crippen LogP contribution in [-0.4, -0.2) is 61.9 Å². The van der Waals surface area contributed by atoms with Crippen molar-refractivity contribution >= 4 is 11.8 Å². The summed E-state index contributed by atoms with van der Waals surface area (Å²) in [5, 5.41) is 2.90. The number of hydrogen-bond acceptors (Lipinski definition) is 3. The van der Waals surface area contributed by atoms with E-state index in [0.717, 1.165) is 19.4 Å². The highest BCUT2D eigenvalue weighted by Gasteiger charge is 2.23. The minimum Gasteiger partial charge on any atom is -0.353 e. The molecular formula is C13H23N3O2. The standard InChI is InChI=1S/C13H23N3O2/c1-15(2)9-4-5-13(18)16(3)10-8-12(17)14-11-6-7-11/h4-5,11H,6-10H2,1-3H3,(H,14,17)/b5-4+. The molecule has 0 saturated heterocycles. The molecule has 0 heterocycles. The lowest BCUT2D eigenvalue weighted by atomic mass is 10.3. The van der Waals surface area contributed by atoms with Crippen LogP contribution in [0.1, 0.15) is 19.3 Å². The molecular weight excluding hydrogens is 230 g/mol. The predicted octanol–water partition coefficient (Wildman–Crippen LogP) is 0.231. The average Bonchev–Trinajstić information content (AvgIpc) is 3.09. The molecule has 0 aliphatic heterocycles. The molecule has 5 nitrogen and oxygen atoms in total. The molecule has 0 atom stereocenters. The van der Waals surface area contributed by atoms with Crippen molar-refractivity contribution in [3.63, 3.8) is 0 Å². The maximum absolute atomic E-state index is 11.7. The summed E-state index contributed by atoms with van der Waals surface area (Å²) in [6.07, 6.45) is 5.93. The normalized spacial score (nSPS) is 15.1. The maximum atomic E-state index is 11.7. The summed E-state index contributed by atoms with van der Waals surface area (Å²) in [5.74, 6) is -0.0227. The number of carbonyl (C=O) groups excluding carboxylic acids is 2. The van der Waals surface area contributed by atoms with E-state index in [9.17, 15) is 9.59 Å². The van der Waals surface area contributed by atoms with Gasteiger partial charge in [0.05, 0.1) is 0 Å². The van der Waals surface area contributed by atoms with Gasteiger partial charge < -0.3 is 15.1 Å². The molecule has 5 heteroatoms. The fourth-order valence-corrected chi connectivity index (χ4v) is 1.40. The third-order valence-corrected chi connectivity index (χ3v) is 2.72. The van der Waals surface area contributed by atoms with E-state index in [0.29, 0.717) is 19.0 Å². The number of amides is 2. The molecule has 1 aliphatic rings. The number of hydrogen-bond donors (Lipinski definition) is 1. The molecule has 1 rings (SSSR count). The zero-order valence-corrected chi connectivity index (χ0v) is 11.5. The van der Waals surface area contributed by atoms with Crippen LogP contribution >= 0.6 is 0 Å². The van der Waals surface area contributed by atoms with Gasteiger partial charge in [-0.3, -0.25) is 9.59 Å². The Morgan fingerprint density at radius 2 is 1.94 bits per heavy atom. The lowest BCUT2D eigenvalue weighted by Crippen LogP contribution is -2.32. The summed E-state index contributed by atoms with van der Waals surface area (Å²) < 4.78 is 0. The smallest absolute Gasteiger partial charge is 0.246 e. The van der Waals surface area contributed by atoms with E-state index in [2.05, 4.69) is 5.32 Å². The Morgan fingerprint density at radius 1 is 1.28 bits per heavy atom. The van der Waals surface area contributed by atoms with Gasteiger partial charge in [-0.25, -0.2) is 0 Å². The van der Waals surface area contributed by atoms with Crippen LogP contribution in [0, 0.1) is 0 Å². The molecule has 18 heavy (non-hydrogen) atoms. The lowest BCUT2D eigenvalue weighted by molar-refractivity contribution is -0.126. The number of nitrogens with one attached hydrogen (secondary N) is 1. The number of rotatable bonds is 7. The molecule has 0 spiro atoms. The third-order valence-electron chi connectivity index (χ3n) is 2.72. The van der Waals surface area contributed by atoms with Gasteiger partial charge in [0.1, 0.15) is 0 Å². The SMILES string of the molecule is CN(C)C/C=C/C(=O)N(C)CCC(=O)NC1CC1. The molecule has 0 radical (unpaired) electrons. The van der Waals surface area contributed by atoms with Crippen LogP contribution in [0.15, 0.2) is 12.2 Å². The van der Waals surface area contributed by atoms with Crippen LogP contribution < -0.4 is 5.32 Å². The Balaban J connectivity index is 2.17. The average molecular weight is 253 g/mol. The van der Waals surface area contributed by atoms with Crippen LogP contribution in [0.4, 0.5) is 0 Å². The van der Waals surface area contributed by atoms with Crippen molar-refractivity contribution in [1.82, 2.24) is 15.1 Å². The maximum Gasteiger partial charge on any atom is 0.246 e. The number of carbonyl (C=O) groups is 2. The molecule has 0 bridgehead atoms. The van der Waals surface area contributed by atoms with Gasteiger partial charge in [0, 0.05) is 38.7 Å². The Bertz CT molecular complexity index is 322. The van der Waals surface area contributed by atoms with E-state index in [1.54, 1.807) is 18.0 Å². The summed E-state index contributed by atoms with van der Waals surface area (Å²) in [6.45, 7) is 1.20. The van der Waals surface area contributed by atoms with E-state index in [-0.39, 0.29) is 11.8 Å². The topological polar surface area (TPSA) is 52.7 Å². The highest BCUT2D eigenvalue weighted by Crippen LogP contribution is 2.18. The summed E-state index contributed by atoms with van der Waals surface area (Å²) in [7, 11) is 5.61. The molecule has 1 N–H and O–H groups in total. The molecule has 102 valence electrons. The van der Waals surface area contributed by atoms with Gasteiger partial charge in [0.2, 0.25) is 11.8 Å². The van der Waals surface area contributed by atoms with Gasteiger partial charge in [-0.1, -0.05) is 6.08 Å². The van der Waals surface area contributed by atoms with E-state index in [4.69, 9.17) is 0 Å². The summed E-state index contributed by atoms with van der Waals surface area (Å²) in [4.78, 5) is 26.7. The Kier molecular flexibility index (Phi) is 5.85. The zero-order valence-electron chi connectivity index (χ0n) is 11.5. The first-order valence-corrected chi connectivity index (χ1v) is 6.34. The van der Waals surface area contributed by atoms with Gasteiger partial charge in [-0.05, 0) is 26.9 Å². The fourth-order valence-electron chi connectivity index (χ4n) is 1.40. The fraction of sp³-hybridized carbons (Fsp3) is 0.692. The summed E-state index contributed by atoms with van der Waals surface area (Å²) >= 11 is 0. The molecule has 1 fully saturated rings. The first-order valence-electron chi connectivity index (χ1n) is 6.34. The highest BCUT2D eigenvalue weighted by atomic mass is 16.2. The van der Waals surface area contributed by atoms with Crippen molar-refractivity contribution in [2.45, 2.75) is 25.3 Å². The van der Waals surface area contributed by atoms with Crippen molar-refractivity contribution in [1.29, 1.82) is 0 Å². The van der Waals surface area contributed by atoms with Crippen molar-refractivity contribution < 1.29 is 9.59 Å². The van der Waals surface area contributed by atoms with Crippen LogP contribution in [-0.2, 0) is 9.59 Å². The highest BCUT2D eigenvalue weighted by molar-refractivity contribution is 5.87. The van der Waals surface area contributed by atoms with Gasteiger partial charge in [-0.2, -0.15) is 0 Å². The summed E-state index contributed by atoms with van der Waals surface area (Å²) in [5.41, 5.74) is 0. The van der Waals surface area contributed by atoms with Gasteiger partial charge >= 0.3 is 0 Å². The van der Waals surface area contributed by atoms with E-state index in [1.807, 2.05) is 25.1 Å².